The van der Waals surface area contributed by atoms with Gasteiger partial charge in [0.15, 0.2) is 4.96 Å². The Bertz CT molecular complexity index is 1050. The van der Waals surface area contributed by atoms with Crippen molar-refractivity contribution in [2.45, 2.75) is 39.0 Å². The van der Waals surface area contributed by atoms with E-state index < -0.39 is 6.43 Å². The van der Waals surface area contributed by atoms with Crippen LogP contribution in [0.15, 0.2) is 24.5 Å². The molecule has 0 amide bonds. The molecule has 4 rings (SSSR count). The van der Waals surface area contributed by atoms with Crippen LogP contribution in [0.3, 0.4) is 0 Å². The summed E-state index contributed by atoms with van der Waals surface area (Å²) < 4.78 is 28.9. The number of aromatic nitrogens is 5. The van der Waals surface area contributed by atoms with Crippen molar-refractivity contribution in [1.82, 2.24) is 24.4 Å². The molecular formula is C18H19F2N5S. The monoisotopic (exact) mass is 375 g/mol. The van der Waals surface area contributed by atoms with Crippen molar-refractivity contribution in [1.29, 1.82) is 0 Å². The Morgan fingerprint density at radius 1 is 1.19 bits per heavy atom. The largest absolute Gasteiger partial charge is 0.297 e. The molecule has 0 bridgehead atoms. The minimum Gasteiger partial charge on any atom is -0.297 e. The molecule has 0 saturated carbocycles. The standard InChI is InChI=1S/C18H19F2N5S/c1-4-5-10(2)14-8-25-9-15(26-18(25)21-14)11-6-12(17(19)20)16-13(7-11)22-24(3)23-16/h6-10,17H,4-5H2,1-3H3. The molecule has 3 aromatic heterocycles. The summed E-state index contributed by atoms with van der Waals surface area (Å²) in [7, 11) is 1.63. The first-order valence-electron chi connectivity index (χ1n) is 8.58. The summed E-state index contributed by atoms with van der Waals surface area (Å²) in [6.07, 6.45) is 3.59. The molecule has 0 radical (unpaired) electrons. The van der Waals surface area contributed by atoms with Gasteiger partial charge in [0.2, 0.25) is 0 Å². The van der Waals surface area contributed by atoms with Crippen LogP contribution in [0.2, 0.25) is 0 Å². The maximum Gasteiger partial charge on any atom is 0.266 e. The number of imidazole rings is 1. The van der Waals surface area contributed by atoms with Crippen molar-refractivity contribution in [2.24, 2.45) is 7.05 Å². The number of hydrogen-bond donors (Lipinski definition) is 0. The predicted molar refractivity (Wildman–Crippen MR) is 98.9 cm³/mol. The molecule has 0 spiro atoms. The SMILES string of the molecule is CCCC(C)c1cn2cc(-c3cc(C(F)F)c4nn(C)nc4c3)sc2n1. The highest BCUT2D eigenvalue weighted by Crippen LogP contribution is 2.35. The molecule has 8 heteroatoms. The quantitative estimate of drug-likeness (QED) is 0.482. The minimum atomic E-state index is -2.60. The van der Waals surface area contributed by atoms with E-state index in [1.807, 2.05) is 16.8 Å². The van der Waals surface area contributed by atoms with Crippen LogP contribution >= 0.6 is 11.3 Å². The second-order valence-electron chi connectivity index (χ2n) is 6.56. The number of hydrogen-bond acceptors (Lipinski definition) is 4. The molecule has 1 unspecified atom stereocenters. The van der Waals surface area contributed by atoms with Crippen molar-refractivity contribution in [3.8, 4) is 10.4 Å². The van der Waals surface area contributed by atoms with Crippen LogP contribution < -0.4 is 0 Å². The van der Waals surface area contributed by atoms with E-state index in [2.05, 4.69) is 24.0 Å². The molecule has 1 aromatic carbocycles. The fraction of sp³-hybridized carbons (Fsp3) is 0.389. The molecule has 26 heavy (non-hydrogen) atoms. The molecule has 0 aliphatic rings. The van der Waals surface area contributed by atoms with Crippen LogP contribution in [0.25, 0.3) is 26.4 Å². The fourth-order valence-electron chi connectivity index (χ4n) is 3.22. The molecule has 0 aliphatic heterocycles. The van der Waals surface area contributed by atoms with E-state index in [0.717, 1.165) is 28.4 Å². The van der Waals surface area contributed by atoms with Gasteiger partial charge in [-0.1, -0.05) is 31.6 Å². The van der Waals surface area contributed by atoms with Gasteiger partial charge in [0.25, 0.3) is 6.43 Å². The zero-order chi connectivity index (χ0) is 18.4. The third-order valence-electron chi connectivity index (χ3n) is 4.54. The predicted octanol–water partition coefficient (Wildman–Crippen LogP) is 5.19. The van der Waals surface area contributed by atoms with Crippen LogP contribution in [-0.2, 0) is 7.05 Å². The number of halogens is 2. The number of nitrogens with zero attached hydrogens (tertiary/aromatic N) is 5. The summed E-state index contributed by atoms with van der Waals surface area (Å²) in [5.74, 6) is 0.414. The third kappa shape index (κ3) is 2.88. The zero-order valence-electron chi connectivity index (χ0n) is 14.8. The Labute approximate surface area is 153 Å². The Morgan fingerprint density at radius 3 is 2.69 bits per heavy atom. The van der Waals surface area contributed by atoms with Crippen LogP contribution in [0, 0.1) is 0 Å². The van der Waals surface area contributed by atoms with Gasteiger partial charge in [-0.05, 0) is 30.0 Å². The molecule has 0 N–H and O–H groups in total. The Hall–Kier alpha value is -2.35. The van der Waals surface area contributed by atoms with E-state index in [0.29, 0.717) is 17.0 Å². The molecule has 0 aliphatic carbocycles. The lowest BCUT2D eigenvalue weighted by Crippen LogP contribution is -1.92. The van der Waals surface area contributed by atoms with Crippen molar-refractivity contribution < 1.29 is 8.78 Å². The van der Waals surface area contributed by atoms with Gasteiger partial charge < -0.3 is 0 Å². The molecule has 5 nitrogen and oxygen atoms in total. The van der Waals surface area contributed by atoms with Crippen LogP contribution in [0.5, 0.6) is 0 Å². The topological polar surface area (TPSA) is 48.0 Å². The summed E-state index contributed by atoms with van der Waals surface area (Å²) in [5.41, 5.74) is 2.43. The molecule has 0 saturated heterocycles. The average Bonchev–Trinajstić information content (AvgIpc) is 3.24. The highest BCUT2D eigenvalue weighted by Gasteiger charge is 2.19. The van der Waals surface area contributed by atoms with Crippen molar-refractivity contribution in [3.63, 3.8) is 0 Å². The molecule has 1 atom stereocenters. The Kier molecular flexibility index (Phi) is 4.22. The van der Waals surface area contributed by atoms with E-state index in [1.165, 1.54) is 22.2 Å². The van der Waals surface area contributed by atoms with Gasteiger partial charge in [0.1, 0.15) is 11.0 Å². The lowest BCUT2D eigenvalue weighted by atomic mass is 10.0. The lowest BCUT2D eigenvalue weighted by molar-refractivity contribution is 0.153. The number of benzene rings is 1. The number of alkyl halides is 2. The van der Waals surface area contributed by atoms with E-state index in [-0.39, 0.29) is 11.1 Å². The van der Waals surface area contributed by atoms with Gasteiger partial charge >= 0.3 is 0 Å². The smallest absolute Gasteiger partial charge is 0.266 e. The molecule has 3 heterocycles. The third-order valence-corrected chi connectivity index (χ3v) is 5.58. The van der Waals surface area contributed by atoms with Crippen LogP contribution in [-0.4, -0.2) is 24.4 Å². The first-order chi connectivity index (χ1) is 12.5. The first kappa shape index (κ1) is 17.1. The van der Waals surface area contributed by atoms with Gasteiger partial charge in [0.05, 0.1) is 10.6 Å². The summed E-state index contributed by atoms with van der Waals surface area (Å²) in [6.45, 7) is 4.34. The molecule has 0 fully saturated rings. The number of aryl methyl sites for hydroxylation is 1. The van der Waals surface area contributed by atoms with E-state index in [4.69, 9.17) is 4.98 Å². The number of rotatable bonds is 5. The zero-order valence-corrected chi connectivity index (χ0v) is 15.6. The lowest BCUT2D eigenvalue weighted by Gasteiger charge is -2.05. The second kappa shape index (κ2) is 6.42. The average molecular weight is 375 g/mol. The molecule has 4 aromatic rings. The molecule has 136 valence electrons. The van der Waals surface area contributed by atoms with E-state index >= 15 is 0 Å². The normalized spacial score (nSPS) is 13.3. The minimum absolute atomic E-state index is 0.0890. The summed E-state index contributed by atoms with van der Waals surface area (Å²) >= 11 is 1.49. The highest BCUT2D eigenvalue weighted by atomic mass is 32.1. The van der Waals surface area contributed by atoms with Crippen molar-refractivity contribution in [3.05, 3.63) is 35.8 Å². The van der Waals surface area contributed by atoms with E-state index in [9.17, 15) is 8.78 Å². The van der Waals surface area contributed by atoms with Crippen molar-refractivity contribution >= 4 is 27.3 Å². The summed E-state index contributed by atoms with van der Waals surface area (Å²) in [6, 6.07) is 3.31. The van der Waals surface area contributed by atoms with Crippen molar-refractivity contribution in [2.75, 3.05) is 0 Å². The second-order valence-corrected chi connectivity index (χ2v) is 7.57. The highest BCUT2D eigenvalue weighted by molar-refractivity contribution is 7.20. The first-order valence-corrected chi connectivity index (χ1v) is 9.39. The maximum absolute atomic E-state index is 13.5. The summed E-state index contributed by atoms with van der Waals surface area (Å²) in [5, 5.41) is 8.26. The number of fused-ring (bicyclic) bond motifs is 2. The summed E-state index contributed by atoms with van der Waals surface area (Å²) in [4.78, 5) is 7.78. The van der Waals surface area contributed by atoms with Gasteiger partial charge in [-0.2, -0.15) is 15.0 Å². The fourth-order valence-corrected chi connectivity index (χ4v) is 4.18. The van der Waals surface area contributed by atoms with Gasteiger partial charge in [-0.15, -0.1) is 0 Å². The van der Waals surface area contributed by atoms with E-state index in [1.54, 1.807) is 13.1 Å². The van der Waals surface area contributed by atoms with Gasteiger partial charge in [-0.3, -0.25) is 4.40 Å². The number of thiazole rings is 1. The Balaban J connectivity index is 1.78. The van der Waals surface area contributed by atoms with Crippen LogP contribution in [0.1, 0.15) is 50.3 Å². The Morgan fingerprint density at radius 2 is 2.00 bits per heavy atom. The molecular weight excluding hydrogens is 356 g/mol. The van der Waals surface area contributed by atoms with Gasteiger partial charge in [-0.25, -0.2) is 13.8 Å². The maximum atomic E-state index is 13.5. The van der Waals surface area contributed by atoms with Crippen LogP contribution in [0.4, 0.5) is 8.78 Å². The van der Waals surface area contributed by atoms with Gasteiger partial charge in [0, 0.05) is 25.0 Å².